The lowest BCUT2D eigenvalue weighted by atomic mass is 9.99. The number of amides is 2. The molecule has 3 fully saturated rings. The number of likely N-dealkylation sites (tertiary alicyclic amines) is 1. The Kier molecular flexibility index (Phi) is 7.70. The summed E-state index contributed by atoms with van der Waals surface area (Å²) >= 11 is 8.43. The highest BCUT2D eigenvalue weighted by Gasteiger charge is 2.42. The van der Waals surface area contributed by atoms with Crippen LogP contribution in [0.4, 0.5) is 5.69 Å². The summed E-state index contributed by atoms with van der Waals surface area (Å²) < 4.78 is 2.66. The molecule has 4 aliphatic heterocycles. The first-order valence-electron chi connectivity index (χ1n) is 12.8. The molecule has 9 heteroatoms. The Bertz CT molecular complexity index is 909. The molecule has 2 amide bonds. The van der Waals surface area contributed by atoms with E-state index in [1.807, 2.05) is 0 Å². The number of rotatable bonds is 8. The zero-order valence-corrected chi connectivity index (χ0v) is 21.3. The SMILES string of the molecule is NCCCN1CCC(CSN2[C@@H]3CC[C@H]2CC(NC(=O)c2cc4c(cc2Cl)NC(=O)C4)C3)CC1. The highest BCUT2D eigenvalue weighted by Crippen LogP contribution is 2.41. The number of carbonyl (C=O) groups excluding carboxylic acids is 2. The Morgan fingerprint density at radius 1 is 1.18 bits per heavy atom. The molecular weight excluding hydrogens is 470 g/mol. The molecule has 0 aromatic heterocycles. The first-order chi connectivity index (χ1) is 16.5. The summed E-state index contributed by atoms with van der Waals surface area (Å²) in [4.78, 5) is 27.2. The Hall–Kier alpha value is -1.32. The molecule has 186 valence electrons. The molecule has 4 heterocycles. The smallest absolute Gasteiger partial charge is 0.253 e. The molecule has 1 aromatic rings. The monoisotopic (exact) mass is 505 g/mol. The van der Waals surface area contributed by atoms with Gasteiger partial charge in [-0.1, -0.05) is 23.5 Å². The molecule has 5 rings (SSSR count). The van der Waals surface area contributed by atoms with E-state index >= 15 is 0 Å². The second-order valence-corrected chi connectivity index (χ2v) is 11.7. The second-order valence-electron chi connectivity index (χ2n) is 10.3. The van der Waals surface area contributed by atoms with E-state index in [1.54, 1.807) is 12.1 Å². The number of halogens is 1. The van der Waals surface area contributed by atoms with Crippen LogP contribution in [0.1, 0.15) is 60.9 Å². The van der Waals surface area contributed by atoms with Gasteiger partial charge in [-0.2, -0.15) is 0 Å². The Morgan fingerprint density at radius 2 is 1.91 bits per heavy atom. The van der Waals surface area contributed by atoms with Crippen molar-refractivity contribution in [3.8, 4) is 0 Å². The van der Waals surface area contributed by atoms with Gasteiger partial charge in [0.25, 0.3) is 5.91 Å². The molecule has 4 N–H and O–H groups in total. The van der Waals surface area contributed by atoms with Crippen molar-refractivity contribution in [3.05, 3.63) is 28.3 Å². The van der Waals surface area contributed by atoms with Crippen molar-refractivity contribution in [1.82, 2.24) is 14.5 Å². The van der Waals surface area contributed by atoms with Gasteiger partial charge >= 0.3 is 0 Å². The van der Waals surface area contributed by atoms with Gasteiger partial charge in [-0.15, -0.1) is 0 Å². The van der Waals surface area contributed by atoms with Gasteiger partial charge in [-0.05, 0) is 94.7 Å². The standard InChI is InChI=1S/C25H36ClN5O2S/c26-22-14-23-17(11-24(32)29-23)10-21(22)25(33)28-18-12-19-2-3-20(13-18)31(19)34-15-16-4-8-30(9-5-16)7-1-6-27/h10,14,16,18-20H,1-9,11-13,15,27H2,(H,28,33)(H,29,32)/t18?,19-,20+. The minimum atomic E-state index is -0.126. The van der Waals surface area contributed by atoms with Crippen LogP contribution in [0.15, 0.2) is 12.1 Å². The van der Waals surface area contributed by atoms with Gasteiger partial charge in [0.2, 0.25) is 5.91 Å². The Balaban J connectivity index is 1.10. The maximum absolute atomic E-state index is 13.0. The third-order valence-corrected chi connectivity index (χ3v) is 9.74. The van der Waals surface area contributed by atoms with Gasteiger partial charge < -0.3 is 21.3 Å². The fraction of sp³-hybridized carbons (Fsp3) is 0.680. The van der Waals surface area contributed by atoms with Crippen LogP contribution in [-0.4, -0.2) is 71.1 Å². The molecule has 7 nitrogen and oxygen atoms in total. The van der Waals surface area contributed by atoms with Crippen LogP contribution in [-0.2, 0) is 11.2 Å². The molecule has 1 unspecified atom stereocenters. The Morgan fingerprint density at radius 3 is 2.62 bits per heavy atom. The fourth-order valence-electron chi connectivity index (χ4n) is 6.03. The molecule has 34 heavy (non-hydrogen) atoms. The summed E-state index contributed by atoms with van der Waals surface area (Å²) in [5.74, 6) is 1.84. The number of fused-ring (bicyclic) bond motifs is 3. The fourth-order valence-corrected chi connectivity index (χ4v) is 7.80. The van der Waals surface area contributed by atoms with E-state index in [9.17, 15) is 9.59 Å². The van der Waals surface area contributed by atoms with Gasteiger partial charge in [0.1, 0.15) is 0 Å². The number of nitrogens with one attached hydrogen (secondary N) is 2. The molecule has 0 spiro atoms. The van der Waals surface area contributed by atoms with Crippen molar-refractivity contribution < 1.29 is 9.59 Å². The zero-order valence-electron chi connectivity index (χ0n) is 19.7. The number of nitrogens with two attached hydrogens (primary N) is 1. The van der Waals surface area contributed by atoms with Crippen LogP contribution in [0.3, 0.4) is 0 Å². The van der Waals surface area contributed by atoms with E-state index in [0.29, 0.717) is 29.1 Å². The molecule has 3 atom stereocenters. The van der Waals surface area contributed by atoms with E-state index < -0.39 is 0 Å². The lowest BCUT2D eigenvalue weighted by Crippen LogP contribution is -2.48. The van der Waals surface area contributed by atoms with Crippen molar-refractivity contribution in [3.63, 3.8) is 0 Å². The molecule has 0 aliphatic carbocycles. The number of piperidine rings is 2. The molecule has 1 aromatic carbocycles. The summed E-state index contributed by atoms with van der Waals surface area (Å²) in [7, 11) is 0. The van der Waals surface area contributed by atoms with Crippen LogP contribution >= 0.6 is 23.5 Å². The van der Waals surface area contributed by atoms with Crippen LogP contribution in [0, 0.1) is 5.92 Å². The first-order valence-corrected chi connectivity index (χ1v) is 14.1. The number of hydrogen-bond acceptors (Lipinski definition) is 6. The predicted molar refractivity (Wildman–Crippen MR) is 138 cm³/mol. The van der Waals surface area contributed by atoms with E-state index in [1.165, 1.54) is 44.5 Å². The van der Waals surface area contributed by atoms with Crippen molar-refractivity contribution in [2.45, 2.75) is 69.5 Å². The van der Waals surface area contributed by atoms with Crippen molar-refractivity contribution in [2.24, 2.45) is 11.7 Å². The first kappa shape index (κ1) is 24.4. The number of nitrogens with zero attached hydrogens (tertiary/aromatic N) is 2. The lowest BCUT2D eigenvalue weighted by molar-refractivity contribution is -0.115. The summed E-state index contributed by atoms with van der Waals surface area (Å²) in [6.45, 7) is 4.35. The van der Waals surface area contributed by atoms with Crippen molar-refractivity contribution in [2.75, 3.05) is 37.2 Å². The highest BCUT2D eigenvalue weighted by molar-refractivity contribution is 7.97. The van der Waals surface area contributed by atoms with Crippen molar-refractivity contribution >= 4 is 41.1 Å². The number of hydrogen-bond donors (Lipinski definition) is 3. The van der Waals surface area contributed by atoms with E-state index in [4.69, 9.17) is 17.3 Å². The zero-order chi connectivity index (χ0) is 23.7. The minimum Gasteiger partial charge on any atom is -0.349 e. The average molecular weight is 506 g/mol. The summed E-state index contributed by atoms with van der Waals surface area (Å²) in [5, 5.41) is 6.43. The third-order valence-electron chi connectivity index (χ3n) is 7.91. The molecular formula is C25H36ClN5O2S. The molecule has 0 radical (unpaired) electrons. The largest absolute Gasteiger partial charge is 0.349 e. The maximum Gasteiger partial charge on any atom is 0.253 e. The second kappa shape index (κ2) is 10.7. The van der Waals surface area contributed by atoms with Crippen LogP contribution in [0.25, 0.3) is 0 Å². The topological polar surface area (TPSA) is 90.7 Å². The summed E-state index contributed by atoms with van der Waals surface area (Å²) in [6.07, 6.45) is 8.42. The van der Waals surface area contributed by atoms with Crippen LogP contribution in [0.2, 0.25) is 5.02 Å². The van der Waals surface area contributed by atoms with Gasteiger partial charge in [-0.25, -0.2) is 4.31 Å². The maximum atomic E-state index is 13.0. The molecule has 4 aliphatic rings. The highest BCUT2D eigenvalue weighted by atomic mass is 35.5. The summed E-state index contributed by atoms with van der Waals surface area (Å²) in [5.41, 5.74) is 7.69. The van der Waals surface area contributed by atoms with E-state index in [-0.39, 0.29) is 17.9 Å². The Labute approximate surface area is 211 Å². The van der Waals surface area contributed by atoms with Crippen LogP contribution < -0.4 is 16.4 Å². The van der Waals surface area contributed by atoms with E-state index in [0.717, 1.165) is 49.5 Å². The van der Waals surface area contributed by atoms with Crippen LogP contribution in [0.5, 0.6) is 0 Å². The number of anilines is 1. The lowest BCUT2D eigenvalue weighted by Gasteiger charge is -2.39. The average Bonchev–Trinajstić information content (AvgIpc) is 3.30. The van der Waals surface area contributed by atoms with E-state index in [2.05, 4.69) is 31.8 Å². The molecule has 0 saturated carbocycles. The quantitative estimate of drug-likeness (QED) is 0.470. The molecule has 2 bridgehead atoms. The molecule has 3 saturated heterocycles. The van der Waals surface area contributed by atoms with Gasteiger partial charge in [0.15, 0.2) is 0 Å². The van der Waals surface area contributed by atoms with Gasteiger partial charge in [0.05, 0.1) is 17.0 Å². The van der Waals surface area contributed by atoms with Crippen molar-refractivity contribution in [1.29, 1.82) is 0 Å². The number of benzene rings is 1. The summed E-state index contributed by atoms with van der Waals surface area (Å²) in [6, 6.07) is 4.72. The number of carbonyl (C=O) groups is 2. The third kappa shape index (κ3) is 5.41. The van der Waals surface area contributed by atoms with Gasteiger partial charge in [0, 0.05) is 29.6 Å². The minimum absolute atomic E-state index is 0.0535. The predicted octanol–water partition coefficient (Wildman–Crippen LogP) is 3.27. The van der Waals surface area contributed by atoms with Gasteiger partial charge in [-0.3, -0.25) is 9.59 Å². The normalized spacial score (nSPS) is 27.6.